The van der Waals surface area contributed by atoms with Crippen LogP contribution in [0.5, 0.6) is 0 Å². The van der Waals surface area contributed by atoms with E-state index in [9.17, 15) is 4.79 Å². The Balaban J connectivity index is 1.60. The minimum atomic E-state index is -0.271. The van der Waals surface area contributed by atoms with Gasteiger partial charge in [0.2, 0.25) is 11.0 Å². The summed E-state index contributed by atoms with van der Waals surface area (Å²) in [5.74, 6) is -0.0480. The maximum atomic E-state index is 12.4. The van der Waals surface area contributed by atoms with E-state index in [2.05, 4.69) is 46.8 Å². The fourth-order valence-electron chi connectivity index (χ4n) is 2.40. The van der Waals surface area contributed by atoms with Crippen LogP contribution in [-0.2, 0) is 4.79 Å². The second-order valence-corrected chi connectivity index (χ2v) is 8.93. The lowest BCUT2D eigenvalue weighted by atomic mass is 10.1. The number of carbonyl (C=O) groups is 1. The highest BCUT2D eigenvalue weighted by Gasteiger charge is 2.18. The molecule has 0 saturated heterocycles. The molecular weight excluding hydrogens is 376 g/mol. The summed E-state index contributed by atoms with van der Waals surface area (Å²) in [6, 6.07) is 13.9. The Morgan fingerprint density at radius 1 is 1.04 bits per heavy atom. The van der Waals surface area contributed by atoms with Crippen LogP contribution in [-0.4, -0.2) is 21.4 Å². The molecule has 0 aliphatic rings. The lowest BCUT2D eigenvalue weighted by Gasteiger charge is -2.11. The predicted octanol–water partition coefficient (Wildman–Crippen LogP) is 5.33. The Morgan fingerprint density at radius 3 is 2.56 bits per heavy atom. The maximum Gasteiger partial charge on any atom is 0.237 e. The smallest absolute Gasteiger partial charge is 0.237 e. The summed E-state index contributed by atoms with van der Waals surface area (Å²) in [5.41, 5.74) is 5.34. The number of benzene rings is 2. The Kier molecular flexibility index (Phi) is 6.13. The van der Waals surface area contributed by atoms with Crippen molar-refractivity contribution in [3.8, 4) is 0 Å². The highest BCUT2D eigenvalue weighted by atomic mass is 32.2. The molecule has 0 aliphatic carbocycles. The van der Waals surface area contributed by atoms with E-state index >= 15 is 0 Å². The van der Waals surface area contributed by atoms with Crippen molar-refractivity contribution < 1.29 is 4.79 Å². The lowest BCUT2D eigenvalue weighted by Crippen LogP contribution is -2.22. The van der Waals surface area contributed by atoms with Gasteiger partial charge in [0.15, 0.2) is 4.34 Å². The standard InChI is InChI=1S/C20H22N4OS2/c1-12-9-10-16(11-14(12)3)21-19-23-24-20(27-19)26-15(4)18(25)22-17-8-6-5-7-13(17)2/h5-11,15H,1-4H3,(H,21,23)(H,22,25)/t15-/m0/s1. The zero-order valence-electron chi connectivity index (χ0n) is 15.7. The van der Waals surface area contributed by atoms with Crippen LogP contribution >= 0.6 is 23.1 Å². The Morgan fingerprint density at radius 2 is 1.81 bits per heavy atom. The molecule has 0 unspecified atom stereocenters. The fourth-order valence-corrected chi connectivity index (χ4v) is 4.32. The molecular formula is C20H22N4OS2. The molecule has 3 rings (SSSR count). The van der Waals surface area contributed by atoms with Crippen molar-refractivity contribution >= 4 is 45.5 Å². The number of para-hydroxylation sites is 1. The van der Waals surface area contributed by atoms with Gasteiger partial charge in [-0.05, 0) is 62.6 Å². The normalized spacial score (nSPS) is 11.9. The molecule has 0 radical (unpaired) electrons. The number of aromatic nitrogens is 2. The third-order valence-corrected chi connectivity index (χ3v) is 6.24. The summed E-state index contributed by atoms with van der Waals surface area (Å²) in [6.07, 6.45) is 0. The number of hydrogen-bond donors (Lipinski definition) is 2. The molecule has 1 atom stereocenters. The van der Waals surface area contributed by atoms with E-state index in [1.54, 1.807) is 0 Å². The van der Waals surface area contributed by atoms with E-state index in [0.717, 1.165) is 21.3 Å². The summed E-state index contributed by atoms with van der Waals surface area (Å²) in [6.45, 7) is 8.01. The third kappa shape index (κ3) is 5.08. The van der Waals surface area contributed by atoms with Gasteiger partial charge in [0.1, 0.15) is 0 Å². The van der Waals surface area contributed by atoms with Crippen molar-refractivity contribution in [1.82, 2.24) is 10.2 Å². The highest BCUT2D eigenvalue weighted by molar-refractivity contribution is 8.02. The van der Waals surface area contributed by atoms with Gasteiger partial charge >= 0.3 is 0 Å². The minimum absolute atomic E-state index is 0.0480. The molecule has 2 N–H and O–H groups in total. The van der Waals surface area contributed by atoms with Crippen molar-refractivity contribution in [2.24, 2.45) is 0 Å². The van der Waals surface area contributed by atoms with Crippen LogP contribution in [0.4, 0.5) is 16.5 Å². The quantitative estimate of drug-likeness (QED) is 0.550. The summed E-state index contributed by atoms with van der Waals surface area (Å²) in [4.78, 5) is 12.4. The van der Waals surface area contributed by atoms with Crippen molar-refractivity contribution in [3.05, 3.63) is 59.2 Å². The van der Waals surface area contributed by atoms with E-state index in [0.29, 0.717) is 5.13 Å². The van der Waals surface area contributed by atoms with E-state index < -0.39 is 0 Å². The predicted molar refractivity (Wildman–Crippen MR) is 114 cm³/mol. The summed E-state index contributed by atoms with van der Waals surface area (Å²) in [5, 5.41) is 15.1. The number of thioether (sulfide) groups is 1. The van der Waals surface area contributed by atoms with Crippen LogP contribution in [0.15, 0.2) is 46.8 Å². The van der Waals surface area contributed by atoms with Crippen molar-refractivity contribution in [2.75, 3.05) is 10.6 Å². The summed E-state index contributed by atoms with van der Waals surface area (Å²) < 4.78 is 0.758. The van der Waals surface area contributed by atoms with E-state index in [4.69, 9.17) is 0 Å². The molecule has 1 heterocycles. The summed E-state index contributed by atoms with van der Waals surface area (Å²) in [7, 11) is 0. The van der Waals surface area contributed by atoms with Crippen LogP contribution in [0.1, 0.15) is 23.6 Å². The SMILES string of the molecule is Cc1ccc(Nc2nnc(S[C@@H](C)C(=O)Nc3ccccc3C)s2)cc1C. The second kappa shape index (κ2) is 8.54. The van der Waals surface area contributed by atoms with Gasteiger partial charge in [0, 0.05) is 11.4 Å². The van der Waals surface area contributed by atoms with Gasteiger partial charge in [-0.15, -0.1) is 10.2 Å². The molecule has 2 aromatic carbocycles. The van der Waals surface area contributed by atoms with Crippen LogP contribution in [0.3, 0.4) is 0 Å². The zero-order chi connectivity index (χ0) is 19.4. The molecule has 0 bridgehead atoms. The van der Waals surface area contributed by atoms with Crippen molar-refractivity contribution in [1.29, 1.82) is 0 Å². The molecule has 0 saturated carbocycles. The number of rotatable bonds is 6. The zero-order valence-corrected chi connectivity index (χ0v) is 17.4. The van der Waals surface area contributed by atoms with Crippen molar-refractivity contribution in [3.63, 3.8) is 0 Å². The Labute approximate surface area is 167 Å². The first-order valence-corrected chi connectivity index (χ1v) is 10.3. The van der Waals surface area contributed by atoms with Gasteiger partial charge in [-0.3, -0.25) is 4.79 Å². The first-order valence-electron chi connectivity index (χ1n) is 8.63. The molecule has 3 aromatic rings. The number of aryl methyl sites for hydroxylation is 3. The second-order valence-electron chi connectivity index (χ2n) is 6.36. The minimum Gasteiger partial charge on any atom is -0.330 e. The molecule has 0 spiro atoms. The molecule has 0 fully saturated rings. The molecule has 27 heavy (non-hydrogen) atoms. The molecule has 140 valence electrons. The summed E-state index contributed by atoms with van der Waals surface area (Å²) >= 11 is 2.85. The van der Waals surface area contributed by atoms with E-state index in [1.165, 1.54) is 34.2 Å². The van der Waals surface area contributed by atoms with Gasteiger partial charge in [-0.1, -0.05) is 47.4 Å². The van der Waals surface area contributed by atoms with Crippen LogP contribution in [0, 0.1) is 20.8 Å². The number of carbonyl (C=O) groups excluding carboxylic acids is 1. The van der Waals surface area contributed by atoms with Gasteiger partial charge in [0.25, 0.3) is 0 Å². The number of hydrogen-bond acceptors (Lipinski definition) is 6. The maximum absolute atomic E-state index is 12.4. The number of anilines is 3. The number of nitrogens with zero attached hydrogens (tertiary/aromatic N) is 2. The average Bonchev–Trinajstić information content (AvgIpc) is 3.07. The molecule has 7 heteroatoms. The molecule has 5 nitrogen and oxygen atoms in total. The van der Waals surface area contributed by atoms with E-state index in [1.807, 2.05) is 44.2 Å². The van der Waals surface area contributed by atoms with Crippen LogP contribution in [0.25, 0.3) is 0 Å². The first-order chi connectivity index (χ1) is 12.9. The fraction of sp³-hybridized carbons (Fsp3) is 0.250. The lowest BCUT2D eigenvalue weighted by molar-refractivity contribution is -0.115. The van der Waals surface area contributed by atoms with Crippen LogP contribution < -0.4 is 10.6 Å². The average molecular weight is 399 g/mol. The van der Waals surface area contributed by atoms with Gasteiger partial charge < -0.3 is 10.6 Å². The van der Waals surface area contributed by atoms with Crippen molar-refractivity contribution in [2.45, 2.75) is 37.3 Å². The van der Waals surface area contributed by atoms with Crippen LogP contribution in [0.2, 0.25) is 0 Å². The number of amides is 1. The Hall–Kier alpha value is -2.38. The highest BCUT2D eigenvalue weighted by Crippen LogP contribution is 2.31. The van der Waals surface area contributed by atoms with Gasteiger partial charge in [0.05, 0.1) is 5.25 Å². The Bertz CT molecular complexity index is 955. The topological polar surface area (TPSA) is 66.9 Å². The first kappa shape index (κ1) is 19.4. The largest absolute Gasteiger partial charge is 0.330 e. The molecule has 1 aromatic heterocycles. The number of nitrogens with one attached hydrogen (secondary N) is 2. The van der Waals surface area contributed by atoms with Gasteiger partial charge in [-0.2, -0.15) is 0 Å². The third-order valence-electron chi connectivity index (χ3n) is 4.21. The molecule has 0 aliphatic heterocycles. The molecule has 1 amide bonds. The van der Waals surface area contributed by atoms with E-state index in [-0.39, 0.29) is 11.2 Å². The monoisotopic (exact) mass is 398 g/mol. The van der Waals surface area contributed by atoms with Gasteiger partial charge in [-0.25, -0.2) is 0 Å².